The van der Waals surface area contributed by atoms with Gasteiger partial charge in [0.15, 0.2) is 0 Å². The first kappa shape index (κ1) is 13.0. The van der Waals surface area contributed by atoms with Crippen LogP contribution < -0.4 is 5.43 Å². The molecule has 0 aromatic heterocycles. The zero-order valence-electron chi connectivity index (χ0n) is 10.5. The Labute approximate surface area is 107 Å². The largest absolute Gasteiger partial charge is 0.304 e. The molecular weight excluding hydrogens is 231 g/mol. The van der Waals surface area contributed by atoms with E-state index in [1.807, 2.05) is 6.07 Å². The molecule has 0 aliphatic carbocycles. The molecule has 1 heterocycles. The summed E-state index contributed by atoms with van der Waals surface area (Å²) in [6, 6.07) is 6.39. The van der Waals surface area contributed by atoms with Crippen LogP contribution >= 0.6 is 0 Å². The summed E-state index contributed by atoms with van der Waals surface area (Å²) in [5.41, 5.74) is 4.43. The summed E-state index contributed by atoms with van der Waals surface area (Å²) < 4.78 is 13.2. The van der Waals surface area contributed by atoms with Crippen molar-refractivity contribution in [3.63, 3.8) is 0 Å². The van der Waals surface area contributed by atoms with Crippen LogP contribution in [-0.4, -0.2) is 43.1 Å². The lowest BCUT2D eigenvalue weighted by molar-refractivity contribution is 0.102. The normalized spacial score (nSPS) is 17.6. The molecule has 0 atom stereocenters. The first-order chi connectivity index (χ1) is 8.67. The average Bonchev–Trinajstić information content (AvgIpc) is 2.37. The molecule has 1 aliphatic heterocycles. The minimum absolute atomic E-state index is 0.357. The molecule has 96 valence electrons. The van der Waals surface area contributed by atoms with E-state index in [1.165, 1.54) is 12.1 Å². The number of piperazine rings is 1. The molecule has 0 spiro atoms. The molecule has 0 radical (unpaired) electrons. The predicted molar refractivity (Wildman–Crippen MR) is 67.0 cm³/mol. The third-order valence-electron chi connectivity index (χ3n) is 3.10. The van der Waals surface area contributed by atoms with Gasteiger partial charge in [0.1, 0.15) is 5.82 Å². The first-order valence-corrected chi connectivity index (χ1v) is 6.04. The minimum atomic E-state index is -0.357. The molecule has 0 saturated carbocycles. The van der Waals surface area contributed by atoms with Gasteiger partial charge in [-0.25, -0.2) is 9.40 Å². The highest BCUT2D eigenvalue weighted by molar-refractivity contribution is 5.33. The fraction of sp³-hybridized carbons (Fsp3) is 0.462. The third kappa shape index (κ3) is 3.50. The minimum Gasteiger partial charge on any atom is -0.304 e. The van der Waals surface area contributed by atoms with E-state index in [4.69, 9.17) is 5.26 Å². The smallest absolute Gasteiger partial charge is 0.124 e. The highest BCUT2D eigenvalue weighted by Crippen LogP contribution is 2.08. The molecule has 4 nitrogen and oxygen atoms in total. The lowest BCUT2D eigenvalue weighted by Crippen LogP contribution is -2.50. The maximum absolute atomic E-state index is 13.2. The van der Waals surface area contributed by atoms with Crippen LogP contribution in [0.4, 0.5) is 4.39 Å². The van der Waals surface area contributed by atoms with Crippen LogP contribution in [0.2, 0.25) is 0 Å². The summed E-state index contributed by atoms with van der Waals surface area (Å²) in [4.78, 5) is 2.27. The van der Waals surface area contributed by atoms with Crippen molar-refractivity contribution in [1.29, 1.82) is 5.26 Å². The Kier molecular flexibility index (Phi) is 4.26. The van der Waals surface area contributed by atoms with Crippen molar-refractivity contribution in [2.45, 2.75) is 6.54 Å². The van der Waals surface area contributed by atoms with Crippen LogP contribution in [0.3, 0.4) is 0 Å². The van der Waals surface area contributed by atoms with Gasteiger partial charge in [-0.15, -0.1) is 0 Å². The van der Waals surface area contributed by atoms with Gasteiger partial charge in [-0.3, -0.25) is 5.43 Å². The monoisotopic (exact) mass is 248 g/mol. The predicted octanol–water partition coefficient (Wildman–Crippen LogP) is 0.949. The number of hydrogen-bond acceptors (Lipinski definition) is 4. The molecule has 0 amide bonds. The Morgan fingerprint density at radius 3 is 2.67 bits per heavy atom. The summed E-state index contributed by atoms with van der Waals surface area (Å²) >= 11 is 0. The van der Waals surface area contributed by atoms with Gasteiger partial charge in [0.2, 0.25) is 0 Å². The second-order valence-electron chi connectivity index (χ2n) is 4.59. The van der Waals surface area contributed by atoms with Crippen molar-refractivity contribution < 1.29 is 4.39 Å². The molecule has 1 N–H and O–H groups in total. The molecule has 1 aromatic rings. The van der Waals surface area contributed by atoms with Gasteiger partial charge >= 0.3 is 0 Å². The average molecular weight is 248 g/mol. The van der Waals surface area contributed by atoms with Crippen molar-refractivity contribution in [3.8, 4) is 6.07 Å². The summed E-state index contributed by atoms with van der Waals surface area (Å²) in [6.45, 7) is 4.52. The van der Waals surface area contributed by atoms with Crippen molar-refractivity contribution in [2.75, 3.05) is 33.2 Å². The molecule has 1 aromatic carbocycles. The van der Waals surface area contributed by atoms with E-state index in [0.29, 0.717) is 12.1 Å². The summed E-state index contributed by atoms with van der Waals surface area (Å²) in [7, 11) is 2.10. The zero-order chi connectivity index (χ0) is 13.0. The topological polar surface area (TPSA) is 42.3 Å². The van der Waals surface area contributed by atoms with Gasteiger partial charge < -0.3 is 4.90 Å². The number of nitriles is 1. The van der Waals surface area contributed by atoms with Gasteiger partial charge in [0.25, 0.3) is 0 Å². The Hall–Kier alpha value is -1.48. The number of benzene rings is 1. The number of hydrogen-bond donors (Lipinski definition) is 1. The van der Waals surface area contributed by atoms with Crippen LogP contribution in [-0.2, 0) is 6.54 Å². The fourth-order valence-electron chi connectivity index (χ4n) is 1.98. The van der Waals surface area contributed by atoms with E-state index in [-0.39, 0.29) is 5.82 Å². The Morgan fingerprint density at radius 2 is 2.00 bits per heavy atom. The standard InChI is InChI=1S/C13H17FN4/c1-17-2-4-18(5-3-17)16-10-12-6-11(9-15)7-13(14)8-12/h6-8,16H,2-5,10H2,1H3. The van der Waals surface area contributed by atoms with E-state index in [9.17, 15) is 4.39 Å². The number of halogens is 1. The SMILES string of the molecule is CN1CCN(NCc2cc(F)cc(C#N)c2)CC1. The molecule has 18 heavy (non-hydrogen) atoms. The van der Waals surface area contributed by atoms with E-state index in [0.717, 1.165) is 31.7 Å². The second-order valence-corrected chi connectivity index (χ2v) is 4.59. The highest BCUT2D eigenvalue weighted by atomic mass is 19.1. The van der Waals surface area contributed by atoms with E-state index in [1.54, 1.807) is 6.07 Å². The van der Waals surface area contributed by atoms with Crippen LogP contribution in [0.5, 0.6) is 0 Å². The lowest BCUT2D eigenvalue weighted by atomic mass is 10.1. The Balaban J connectivity index is 1.90. The van der Waals surface area contributed by atoms with Gasteiger partial charge in [-0.05, 0) is 30.8 Å². The maximum atomic E-state index is 13.2. The fourth-order valence-corrected chi connectivity index (χ4v) is 1.98. The molecule has 2 rings (SSSR count). The Morgan fingerprint density at radius 1 is 1.28 bits per heavy atom. The van der Waals surface area contributed by atoms with Crippen molar-refractivity contribution >= 4 is 0 Å². The van der Waals surface area contributed by atoms with Gasteiger partial charge in [0, 0.05) is 32.7 Å². The number of rotatable bonds is 3. The number of hydrazine groups is 1. The molecule has 0 bridgehead atoms. The van der Waals surface area contributed by atoms with Crippen molar-refractivity contribution in [3.05, 3.63) is 35.1 Å². The zero-order valence-corrected chi connectivity index (χ0v) is 10.5. The van der Waals surface area contributed by atoms with Gasteiger partial charge in [-0.1, -0.05) is 0 Å². The molecule has 1 saturated heterocycles. The molecule has 0 unspecified atom stereocenters. The molecular formula is C13H17FN4. The number of likely N-dealkylation sites (N-methyl/N-ethyl adjacent to an activating group) is 1. The van der Waals surface area contributed by atoms with Crippen molar-refractivity contribution in [2.24, 2.45) is 0 Å². The second kappa shape index (κ2) is 5.91. The van der Waals surface area contributed by atoms with Crippen LogP contribution in [0.15, 0.2) is 18.2 Å². The lowest BCUT2D eigenvalue weighted by Gasteiger charge is -2.32. The quantitative estimate of drug-likeness (QED) is 0.865. The summed E-state index contributed by atoms with van der Waals surface area (Å²) in [5, 5.41) is 10.9. The summed E-state index contributed by atoms with van der Waals surface area (Å²) in [6.07, 6.45) is 0. The first-order valence-electron chi connectivity index (χ1n) is 6.04. The van der Waals surface area contributed by atoms with Crippen LogP contribution in [0, 0.1) is 17.1 Å². The van der Waals surface area contributed by atoms with Crippen LogP contribution in [0.25, 0.3) is 0 Å². The number of nitrogens with one attached hydrogen (secondary N) is 1. The van der Waals surface area contributed by atoms with E-state index >= 15 is 0 Å². The van der Waals surface area contributed by atoms with Gasteiger partial charge in [-0.2, -0.15) is 5.26 Å². The van der Waals surface area contributed by atoms with Gasteiger partial charge in [0.05, 0.1) is 11.6 Å². The van der Waals surface area contributed by atoms with E-state index < -0.39 is 0 Å². The summed E-state index contributed by atoms with van der Waals surface area (Å²) in [5.74, 6) is -0.357. The molecule has 5 heteroatoms. The van der Waals surface area contributed by atoms with E-state index in [2.05, 4.69) is 22.4 Å². The van der Waals surface area contributed by atoms with Crippen molar-refractivity contribution in [1.82, 2.24) is 15.3 Å². The number of nitrogens with zero attached hydrogens (tertiary/aromatic N) is 3. The third-order valence-corrected chi connectivity index (χ3v) is 3.10. The Bertz CT molecular complexity index is 447. The molecule has 1 aliphatic rings. The maximum Gasteiger partial charge on any atom is 0.124 e. The highest BCUT2D eigenvalue weighted by Gasteiger charge is 2.13. The van der Waals surface area contributed by atoms with Crippen LogP contribution in [0.1, 0.15) is 11.1 Å². The molecule has 1 fully saturated rings.